The molecule has 3 aromatic carbocycles. The molecule has 10 heteroatoms. The maximum absolute atomic E-state index is 13.5. The molecule has 1 aliphatic rings. The third-order valence-corrected chi connectivity index (χ3v) is 7.01. The molecule has 0 aliphatic carbocycles. The number of aromatic amines is 1. The van der Waals surface area contributed by atoms with Gasteiger partial charge in [-0.2, -0.15) is 5.10 Å². The second-order valence-corrected chi connectivity index (χ2v) is 9.88. The molecule has 1 unspecified atom stereocenters. The lowest BCUT2D eigenvalue weighted by Crippen LogP contribution is -2.50. The number of H-pyrrole nitrogens is 1. The molecular formula is C30H29N7O3. The monoisotopic (exact) mass is 535 g/mol. The highest BCUT2D eigenvalue weighted by atomic mass is 16.3. The van der Waals surface area contributed by atoms with E-state index in [0.29, 0.717) is 60.0 Å². The molecule has 0 bridgehead atoms. The number of hydrogen-bond acceptors (Lipinski definition) is 7. The molecular weight excluding hydrogens is 506 g/mol. The van der Waals surface area contributed by atoms with Gasteiger partial charge < -0.3 is 14.6 Å². The predicted molar refractivity (Wildman–Crippen MR) is 151 cm³/mol. The van der Waals surface area contributed by atoms with E-state index in [0.717, 1.165) is 17.2 Å². The Bertz CT molecular complexity index is 1670. The summed E-state index contributed by atoms with van der Waals surface area (Å²) in [6, 6.07) is 22.8. The van der Waals surface area contributed by atoms with Crippen molar-refractivity contribution in [1.29, 1.82) is 0 Å². The standard InChI is InChI=1S/C30H29N7O3/c1-19-31-28(35-34-19)27(21-7-4-3-5-8-21)36-13-15-37(16-14-36)30(39)23-10-6-9-22(17-23)29-33-25-18-24(32-20(2)38)11-12-26(25)40-29/h3-12,17-18,27H,13-16H2,1-2H3,(H,32,38)(H,31,34,35). The summed E-state index contributed by atoms with van der Waals surface area (Å²) in [6.45, 7) is 5.92. The second-order valence-electron chi connectivity index (χ2n) is 9.88. The number of piperazine rings is 1. The molecule has 5 aromatic rings. The molecule has 202 valence electrons. The van der Waals surface area contributed by atoms with E-state index >= 15 is 0 Å². The number of carbonyl (C=O) groups excluding carboxylic acids is 2. The number of aryl methyl sites for hydroxylation is 1. The highest BCUT2D eigenvalue weighted by Crippen LogP contribution is 2.29. The third kappa shape index (κ3) is 5.21. The minimum absolute atomic E-state index is 0.0319. The topological polar surface area (TPSA) is 120 Å². The number of carbonyl (C=O) groups is 2. The predicted octanol–water partition coefficient (Wildman–Crippen LogP) is 4.43. The average molecular weight is 536 g/mol. The number of amides is 2. The normalized spacial score (nSPS) is 14.8. The summed E-state index contributed by atoms with van der Waals surface area (Å²) in [4.78, 5) is 38.3. The quantitative estimate of drug-likeness (QED) is 0.330. The Kier molecular flexibility index (Phi) is 6.83. The van der Waals surface area contributed by atoms with Crippen LogP contribution in [0.1, 0.15) is 40.5 Å². The Morgan fingerprint density at radius 3 is 2.48 bits per heavy atom. The molecule has 1 fully saturated rings. The second kappa shape index (κ2) is 10.7. The highest BCUT2D eigenvalue weighted by molar-refractivity contribution is 5.95. The Balaban J connectivity index is 1.18. The minimum atomic E-state index is -0.154. The zero-order chi connectivity index (χ0) is 27.6. The van der Waals surface area contributed by atoms with Crippen LogP contribution in [-0.2, 0) is 4.79 Å². The van der Waals surface area contributed by atoms with Crippen LogP contribution in [-0.4, -0.2) is 68.0 Å². The molecule has 10 nitrogen and oxygen atoms in total. The van der Waals surface area contributed by atoms with E-state index in [4.69, 9.17) is 4.42 Å². The molecule has 6 rings (SSSR count). The molecule has 40 heavy (non-hydrogen) atoms. The van der Waals surface area contributed by atoms with Crippen LogP contribution >= 0.6 is 0 Å². The van der Waals surface area contributed by atoms with Crippen LogP contribution in [0.15, 0.2) is 77.2 Å². The van der Waals surface area contributed by atoms with Gasteiger partial charge in [0.15, 0.2) is 11.4 Å². The molecule has 0 radical (unpaired) electrons. The van der Waals surface area contributed by atoms with Crippen molar-refractivity contribution in [2.75, 3.05) is 31.5 Å². The van der Waals surface area contributed by atoms with Gasteiger partial charge in [-0.25, -0.2) is 9.97 Å². The first kappa shape index (κ1) is 25.4. The van der Waals surface area contributed by atoms with Gasteiger partial charge in [0.25, 0.3) is 5.91 Å². The van der Waals surface area contributed by atoms with Gasteiger partial charge in [-0.15, -0.1) is 0 Å². The molecule has 2 N–H and O–H groups in total. The fraction of sp³-hybridized carbons (Fsp3) is 0.233. The number of oxazole rings is 1. The summed E-state index contributed by atoms with van der Waals surface area (Å²) < 4.78 is 5.95. The summed E-state index contributed by atoms with van der Waals surface area (Å²) in [5, 5.41) is 10.2. The van der Waals surface area contributed by atoms with Crippen LogP contribution in [0.25, 0.3) is 22.6 Å². The minimum Gasteiger partial charge on any atom is -0.436 e. The summed E-state index contributed by atoms with van der Waals surface area (Å²) >= 11 is 0. The SMILES string of the molecule is CC(=O)Nc1ccc2oc(-c3cccc(C(=O)N4CCN(C(c5ccccc5)c5n[nH]c(C)n5)CC4)c3)nc2c1. The van der Waals surface area contributed by atoms with Crippen molar-refractivity contribution in [3.63, 3.8) is 0 Å². The zero-order valence-corrected chi connectivity index (χ0v) is 22.3. The summed E-state index contributed by atoms with van der Waals surface area (Å²) in [7, 11) is 0. The molecule has 1 atom stereocenters. The molecule has 1 aliphatic heterocycles. The zero-order valence-electron chi connectivity index (χ0n) is 22.3. The molecule has 0 spiro atoms. The maximum atomic E-state index is 13.5. The van der Waals surface area contributed by atoms with Crippen LogP contribution in [0.5, 0.6) is 0 Å². The van der Waals surface area contributed by atoms with E-state index in [1.165, 1.54) is 6.92 Å². The van der Waals surface area contributed by atoms with E-state index < -0.39 is 0 Å². The van der Waals surface area contributed by atoms with Crippen molar-refractivity contribution in [3.8, 4) is 11.5 Å². The summed E-state index contributed by atoms with van der Waals surface area (Å²) in [5.41, 5.74) is 4.30. The molecule has 2 amide bonds. The van der Waals surface area contributed by atoms with Crippen molar-refractivity contribution in [2.45, 2.75) is 19.9 Å². The van der Waals surface area contributed by atoms with Gasteiger partial charge in [0.1, 0.15) is 11.3 Å². The van der Waals surface area contributed by atoms with Gasteiger partial charge in [0.05, 0.1) is 6.04 Å². The first-order chi connectivity index (χ1) is 19.4. The van der Waals surface area contributed by atoms with Gasteiger partial charge in [-0.05, 0) is 48.9 Å². The fourth-order valence-corrected chi connectivity index (χ4v) is 5.12. The number of nitrogens with one attached hydrogen (secondary N) is 2. The van der Waals surface area contributed by atoms with Crippen LogP contribution in [0.3, 0.4) is 0 Å². The van der Waals surface area contributed by atoms with Crippen molar-refractivity contribution >= 4 is 28.6 Å². The Labute approximate surface area is 231 Å². The fourth-order valence-electron chi connectivity index (χ4n) is 5.12. The summed E-state index contributed by atoms with van der Waals surface area (Å²) in [6.07, 6.45) is 0. The number of aromatic nitrogens is 4. The van der Waals surface area contributed by atoms with Crippen molar-refractivity contribution in [1.82, 2.24) is 30.0 Å². The van der Waals surface area contributed by atoms with E-state index in [1.54, 1.807) is 18.2 Å². The number of benzene rings is 3. The van der Waals surface area contributed by atoms with Crippen molar-refractivity contribution in [2.24, 2.45) is 0 Å². The van der Waals surface area contributed by atoms with Crippen LogP contribution in [0.4, 0.5) is 5.69 Å². The number of fused-ring (bicyclic) bond motifs is 1. The summed E-state index contributed by atoms with van der Waals surface area (Å²) in [5.74, 6) is 1.74. The van der Waals surface area contributed by atoms with Gasteiger partial charge in [0.2, 0.25) is 11.8 Å². The lowest BCUT2D eigenvalue weighted by atomic mass is 10.0. The van der Waals surface area contributed by atoms with E-state index in [2.05, 4.69) is 42.5 Å². The molecule has 1 saturated heterocycles. The van der Waals surface area contributed by atoms with E-state index in [1.807, 2.05) is 54.3 Å². The Hall–Kier alpha value is -4.83. The van der Waals surface area contributed by atoms with Gasteiger partial charge in [-0.1, -0.05) is 36.4 Å². The van der Waals surface area contributed by atoms with Gasteiger partial charge >= 0.3 is 0 Å². The lowest BCUT2D eigenvalue weighted by molar-refractivity contribution is -0.114. The van der Waals surface area contributed by atoms with Crippen LogP contribution in [0, 0.1) is 6.92 Å². The maximum Gasteiger partial charge on any atom is 0.253 e. The first-order valence-corrected chi connectivity index (χ1v) is 13.2. The largest absolute Gasteiger partial charge is 0.436 e. The highest BCUT2D eigenvalue weighted by Gasteiger charge is 2.31. The number of nitrogens with zero attached hydrogens (tertiary/aromatic N) is 5. The molecule has 3 heterocycles. The Morgan fingerprint density at radius 2 is 1.75 bits per heavy atom. The van der Waals surface area contributed by atoms with Crippen molar-refractivity contribution < 1.29 is 14.0 Å². The smallest absolute Gasteiger partial charge is 0.253 e. The molecule has 2 aromatic heterocycles. The first-order valence-electron chi connectivity index (χ1n) is 13.2. The lowest BCUT2D eigenvalue weighted by Gasteiger charge is -2.38. The van der Waals surface area contributed by atoms with Crippen LogP contribution < -0.4 is 5.32 Å². The van der Waals surface area contributed by atoms with E-state index in [9.17, 15) is 9.59 Å². The third-order valence-electron chi connectivity index (χ3n) is 7.01. The van der Waals surface area contributed by atoms with Gasteiger partial charge in [-0.3, -0.25) is 19.6 Å². The average Bonchev–Trinajstić information content (AvgIpc) is 3.59. The number of anilines is 1. The van der Waals surface area contributed by atoms with Crippen LogP contribution in [0.2, 0.25) is 0 Å². The Morgan fingerprint density at radius 1 is 0.950 bits per heavy atom. The number of hydrogen-bond donors (Lipinski definition) is 2. The van der Waals surface area contributed by atoms with E-state index in [-0.39, 0.29) is 17.9 Å². The number of rotatable bonds is 6. The van der Waals surface area contributed by atoms with Crippen molar-refractivity contribution in [3.05, 3.63) is 95.6 Å². The van der Waals surface area contributed by atoms with Gasteiger partial charge in [0, 0.05) is 49.9 Å². The molecule has 0 saturated carbocycles.